The second-order valence-corrected chi connectivity index (χ2v) is 9.58. The van der Waals surface area contributed by atoms with E-state index in [9.17, 15) is 0 Å². The fourth-order valence-corrected chi connectivity index (χ4v) is 4.98. The van der Waals surface area contributed by atoms with Crippen LogP contribution in [0.25, 0.3) is 0 Å². The molecule has 0 atom stereocenters. The summed E-state index contributed by atoms with van der Waals surface area (Å²) in [5.74, 6) is 1.94. The molecule has 2 aromatic carbocycles. The summed E-state index contributed by atoms with van der Waals surface area (Å²) in [7, 11) is 0. The van der Waals surface area contributed by atoms with Crippen molar-refractivity contribution in [1.29, 1.82) is 0 Å². The first kappa shape index (κ1) is 24.5. The van der Waals surface area contributed by atoms with Crippen molar-refractivity contribution in [3.63, 3.8) is 0 Å². The van der Waals surface area contributed by atoms with Gasteiger partial charge in [0.05, 0.1) is 5.69 Å². The van der Waals surface area contributed by atoms with Crippen LogP contribution in [0, 0.1) is 0 Å². The maximum Gasteiger partial charge on any atom is 0.124 e. The molecule has 5 rings (SSSR count). The third kappa shape index (κ3) is 6.52. The number of rotatable bonds is 9. The quantitative estimate of drug-likeness (QED) is 0.421. The van der Waals surface area contributed by atoms with Gasteiger partial charge in [-0.15, -0.1) is 0 Å². The summed E-state index contributed by atoms with van der Waals surface area (Å²) in [6.07, 6.45) is 3.67. The van der Waals surface area contributed by atoms with Crippen molar-refractivity contribution in [2.75, 3.05) is 45.9 Å². The highest BCUT2D eigenvalue weighted by Crippen LogP contribution is 2.27. The summed E-state index contributed by atoms with van der Waals surface area (Å²) in [6.45, 7) is 13.8. The van der Waals surface area contributed by atoms with Gasteiger partial charge in [0, 0.05) is 76.2 Å². The lowest BCUT2D eigenvalue weighted by Gasteiger charge is -2.34. The van der Waals surface area contributed by atoms with Gasteiger partial charge in [-0.05, 0) is 35.9 Å². The minimum Gasteiger partial charge on any atom is -0.492 e. The van der Waals surface area contributed by atoms with Crippen LogP contribution < -0.4 is 9.47 Å². The van der Waals surface area contributed by atoms with E-state index in [0.29, 0.717) is 13.2 Å². The van der Waals surface area contributed by atoms with Gasteiger partial charge in [-0.3, -0.25) is 19.7 Å². The topological polar surface area (TPSA) is 41.1 Å². The summed E-state index contributed by atoms with van der Waals surface area (Å²) in [4.78, 5) is 12.0. The van der Waals surface area contributed by atoms with E-state index in [-0.39, 0.29) is 0 Å². The molecule has 1 aromatic heterocycles. The molecule has 2 aliphatic rings. The van der Waals surface area contributed by atoms with Crippen molar-refractivity contribution >= 4 is 0 Å². The summed E-state index contributed by atoms with van der Waals surface area (Å²) in [5, 5.41) is 0. The first-order valence-electron chi connectivity index (χ1n) is 12.9. The van der Waals surface area contributed by atoms with E-state index in [2.05, 4.69) is 68.7 Å². The van der Waals surface area contributed by atoms with Crippen LogP contribution in [-0.2, 0) is 26.2 Å². The Morgan fingerprint density at radius 1 is 0.861 bits per heavy atom. The largest absolute Gasteiger partial charge is 0.492 e. The smallest absolute Gasteiger partial charge is 0.124 e. The van der Waals surface area contributed by atoms with E-state index >= 15 is 0 Å². The lowest BCUT2D eigenvalue weighted by molar-refractivity contribution is 0.121. The zero-order valence-corrected chi connectivity index (χ0v) is 21.0. The van der Waals surface area contributed by atoms with Crippen LogP contribution in [0.5, 0.6) is 11.5 Å². The van der Waals surface area contributed by atoms with Crippen molar-refractivity contribution in [3.05, 3.63) is 102 Å². The molecule has 0 saturated carbocycles. The number of hydrogen-bond acceptors (Lipinski definition) is 6. The van der Waals surface area contributed by atoms with Gasteiger partial charge in [0.2, 0.25) is 0 Å². The van der Waals surface area contributed by atoms with Gasteiger partial charge in [0.25, 0.3) is 0 Å². The van der Waals surface area contributed by atoms with Crippen molar-refractivity contribution in [2.24, 2.45) is 0 Å². The number of pyridine rings is 1. The molecule has 0 spiro atoms. The third-order valence-electron chi connectivity index (χ3n) is 6.89. The molecule has 1 fully saturated rings. The number of para-hydroxylation sites is 1. The maximum atomic E-state index is 6.11. The first-order chi connectivity index (χ1) is 17.8. The summed E-state index contributed by atoms with van der Waals surface area (Å²) in [5.41, 5.74) is 4.97. The van der Waals surface area contributed by atoms with E-state index in [1.165, 1.54) is 16.7 Å². The van der Waals surface area contributed by atoms with Crippen LogP contribution in [0.4, 0.5) is 0 Å². The minimum absolute atomic E-state index is 0.518. The molecular formula is C30H36N4O2. The molecule has 188 valence electrons. The molecule has 0 bridgehead atoms. The van der Waals surface area contributed by atoms with Crippen molar-refractivity contribution < 1.29 is 9.47 Å². The second kappa shape index (κ2) is 12.2. The Morgan fingerprint density at radius 2 is 1.67 bits per heavy atom. The minimum atomic E-state index is 0.518. The Labute approximate surface area is 214 Å². The number of aromatic nitrogens is 1. The van der Waals surface area contributed by atoms with Crippen LogP contribution in [0.1, 0.15) is 22.4 Å². The molecule has 36 heavy (non-hydrogen) atoms. The number of nitrogens with zero attached hydrogens (tertiary/aromatic N) is 4. The number of fused-ring (bicyclic) bond motifs is 1. The van der Waals surface area contributed by atoms with Gasteiger partial charge in [0.15, 0.2) is 0 Å². The van der Waals surface area contributed by atoms with Gasteiger partial charge in [-0.1, -0.05) is 43.0 Å². The summed E-state index contributed by atoms with van der Waals surface area (Å²) >= 11 is 0. The summed E-state index contributed by atoms with van der Waals surface area (Å²) in [6, 6.07) is 21.2. The standard InChI is InChI=1S/C30H36N4O2/c1-2-18-35-29-9-4-3-7-26(29)22-34-17-19-36-30-11-10-25(20-27(30)23-34)21-32-13-15-33(16-14-32)24-28-8-5-6-12-31-28/h2-12,20H,1,13-19,21-24H2. The molecule has 2 aliphatic heterocycles. The molecule has 3 heterocycles. The van der Waals surface area contributed by atoms with Crippen LogP contribution in [0.3, 0.4) is 0 Å². The van der Waals surface area contributed by atoms with Gasteiger partial charge in [0.1, 0.15) is 24.7 Å². The van der Waals surface area contributed by atoms with E-state index in [1.807, 2.05) is 24.4 Å². The van der Waals surface area contributed by atoms with Crippen molar-refractivity contribution in [1.82, 2.24) is 19.7 Å². The lowest BCUT2D eigenvalue weighted by Crippen LogP contribution is -2.45. The normalized spacial score (nSPS) is 17.1. The monoisotopic (exact) mass is 484 g/mol. The predicted octanol–water partition coefficient (Wildman–Crippen LogP) is 4.36. The van der Waals surface area contributed by atoms with Gasteiger partial charge < -0.3 is 9.47 Å². The highest BCUT2D eigenvalue weighted by atomic mass is 16.5. The van der Waals surface area contributed by atoms with Crippen LogP contribution in [0.2, 0.25) is 0 Å². The van der Waals surface area contributed by atoms with Gasteiger partial charge in [-0.25, -0.2) is 0 Å². The molecular weight excluding hydrogens is 448 g/mol. The number of piperazine rings is 1. The van der Waals surface area contributed by atoms with Crippen LogP contribution >= 0.6 is 0 Å². The lowest BCUT2D eigenvalue weighted by atomic mass is 10.1. The molecule has 6 heteroatoms. The van der Waals surface area contributed by atoms with Gasteiger partial charge in [-0.2, -0.15) is 0 Å². The Hall–Kier alpha value is -3.19. The number of hydrogen-bond donors (Lipinski definition) is 0. The number of ether oxygens (including phenoxy) is 2. The third-order valence-corrected chi connectivity index (χ3v) is 6.89. The van der Waals surface area contributed by atoms with E-state index in [0.717, 1.165) is 76.1 Å². The fourth-order valence-electron chi connectivity index (χ4n) is 4.98. The fraction of sp³-hybridized carbons (Fsp3) is 0.367. The van der Waals surface area contributed by atoms with E-state index < -0.39 is 0 Å². The predicted molar refractivity (Wildman–Crippen MR) is 143 cm³/mol. The molecule has 1 saturated heterocycles. The average molecular weight is 485 g/mol. The molecule has 0 unspecified atom stereocenters. The average Bonchev–Trinajstić information content (AvgIpc) is 3.11. The molecule has 0 aliphatic carbocycles. The molecule has 0 N–H and O–H groups in total. The highest BCUT2D eigenvalue weighted by Gasteiger charge is 2.20. The Bertz CT molecular complexity index is 1130. The van der Waals surface area contributed by atoms with Crippen LogP contribution in [-0.4, -0.2) is 65.6 Å². The van der Waals surface area contributed by atoms with E-state index in [1.54, 1.807) is 6.08 Å². The van der Waals surface area contributed by atoms with Crippen LogP contribution in [0.15, 0.2) is 79.5 Å². The Kier molecular flexibility index (Phi) is 8.28. The first-order valence-corrected chi connectivity index (χ1v) is 12.9. The summed E-state index contributed by atoms with van der Waals surface area (Å²) < 4.78 is 12.0. The van der Waals surface area contributed by atoms with Crippen molar-refractivity contribution in [3.8, 4) is 11.5 Å². The molecule has 6 nitrogen and oxygen atoms in total. The highest BCUT2D eigenvalue weighted by molar-refractivity contribution is 5.38. The molecule has 0 amide bonds. The Morgan fingerprint density at radius 3 is 2.47 bits per heavy atom. The SMILES string of the molecule is C=CCOc1ccccc1CN1CCOc2ccc(CN3CCN(Cc4ccccn4)CC3)cc2C1. The van der Waals surface area contributed by atoms with E-state index in [4.69, 9.17) is 9.47 Å². The zero-order chi connectivity index (χ0) is 24.6. The second-order valence-electron chi connectivity index (χ2n) is 9.58. The molecule has 3 aromatic rings. The zero-order valence-electron chi connectivity index (χ0n) is 21.0. The van der Waals surface area contributed by atoms with Gasteiger partial charge >= 0.3 is 0 Å². The maximum absolute atomic E-state index is 6.11. The molecule has 0 radical (unpaired) electrons. The van der Waals surface area contributed by atoms with Crippen molar-refractivity contribution in [2.45, 2.75) is 26.2 Å². The number of benzene rings is 2. The Balaban J connectivity index is 1.18.